The number of fused-ring (bicyclic) bond motifs is 3. The van der Waals surface area contributed by atoms with Crippen molar-refractivity contribution in [2.24, 2.45) is 5.92 Å². The molecule has 0 N–H and O–H groups in total. The molecule has 90 valence electrons. The van der Waals surface area contributed by atoms with Crippen molar-refractivity contribution in [3.8, 4) is 0 Å². The minimum atomic E-state index is -0.155. The molecule has 0 fully saturated rings. The summed E-state index contributed by atoms with van der Waals surface area (Å²) < 4.78 is 8.48. The summed E-state index contributed by atoms with van der Waals surface area (Å²) in [5.41, 5.74) is 2.50. The number of hydrogen-bond donors (Lipinski definition) is 0. The van der Waals surface area contributed by atoms with E-state index in [1.54, 1.807) is 0 Å². The SMILES string of the molecule is CC(C)C1(C)OCCn2c1cc1ccccc12. The maximum atomic E-state index is 6.06. The fraction of sp³-hybridized carbons (Fsp3) is 0.467. The molecule has 0 amide bonds. The summed E-state index contributed by atoms with van der Waals surface area (Å²) in [5.74, 6) is 0.478. The van der Waals surface area contributed by atoms with Crippen molar-refractivity contribution < 1.29 is 4.74 Å². The molecule has 2 aromatic rings. The summed E-state index contributed by atoms with van der Waals surface area (Å²) in [4.78, 5) is 0. The third-order valence-corrected chi connectivity index (χ3v) is 4.14. The minimum absolute atomic E-state index is 0.155. The number of nitrogens with zero attached hydrogens (tertiary/aromatic N) is 1. The van der Waals surface area contributed by atoms with E-state index in [1.165, 1.54) is 16.6 Å². The smallest absolute Gasteiger partial charge is 0.108 e. The number of aromatic nitrogens is 1. The number of para-hydroxylation sites is 1. The molecule has 1 atom stereocenters. The van der Waals surface area contributed by atoms with Crippen LogP contribution < -0.4 is 0 Å². The van der Waals surface area contributed by atoms with Gasteiger partial charge in [-0.1, -0.05) is 32.0 Å². The number of ether oxygens (including phenoxy) is 1. The van der Waals surface area contributed by atoms with E-state index in [1.807, 2.05) is 0 Å². The molecule has 2 heteroatoms. The number of rotatable bonds is 1. The molecule has 0 saturated heterocycles. The monoisotopic (exact) mass is 229 g/mol. The average Bonchev–Trinajstić information content (AvgIpc) is 2.70. The highest BCUT2D eigenvalue weighted by atomic mass is 16.5. The Hall–Kier alpha value is -1.28. The van der Waals surface area contributed by atoms with Gasteiger partial charge in [0.15, 0.2) is 0 Å². The highest BCUT2D eigenvalue weighted by molar-refractivity contribution is 5.81. The van der Waals surface area contributed by atoms with Gasteiger partial charge in [-0.05, 0) is 30.4 Å². The van der Waals surface area contributed by atoms with Crippen LogP contribution in [0, 0.1) is 5.92 Å². The molecule has 0 bridgehead atoms. The lowest BCUT2D eigenvalue weighted by Crippen LogP contribution is -2.39. The zero-order chi connectivity index (χ0) is 12.0. The van der Waals surface area contributed by atoms with Gasteiger partial charge in [0.05, 0.1) is 12.3 Å². The van der Waals surface area contributed by atoms with Crippen LogP contribution in [0.2, 0.25) is 0 Å². The summed E-state index contributed by atoms with van der Waals surface area (Å²) in [5, 5.41) is 1.32. The van der Waals surface area contributed by atoms with Crippen molar-refractivity contribution in [3.05, 3.63) is 36.0 Å². The average molecular weight is 229 g/mol. The maximum absolute atomic E-state index is 6.06. The summed E-state index contributed by atoms with van der Waals surface area (Å²) in [6.45, 7) is 8.44. The Balaban J connectivity index is 2.28. The number of benzene rings is 1. The predicted octanol–water partition coefficient (Wildman–Crippen LogP) is 3.54. The molecular formula is C15H19NO. The first kappa shape index (κ1) is 10.8. The van der Waals surface area contributed by atoms with Crippen molar-refractivity contribution in [1.29, 1.82) is 0 Å². The second-order valence-electron chi connectivity index (χ2n) is 5.35. The van der Waals surface area contributed by atoms with E-state index in [-0.39, 0.29) is 5.60 Å². The molecule has 3 rings (SSSR count). The van der Waals surface area contributed by atoms with E-state index in [0.29, 0.717) is 5.92 Å². The Morgan fingerprint density at radius 3 is 2.82 bits per heavy atom. The van der Waals surface area contributed by atoms with Crippen LogP contribution in [0.5, 0.6) is 0 Å². The molecule has 0 radical (unpaired) electrons. The lowest BCUT2D eigenvalue weighted by Gasteiger charge is -2.38. The van der Waals surface area contributed by atoms with Crippen molar-refractivity contribution in [2.75, 3.05) is 6.61 Å². The molecule has 2 nitrogen and oxygen atoms in total. The van der Waals surface area contributed by atoms with Gasteiger partial charge in [-0.25, -0.2) is 0 Å². The molecule has 2 heterocycles. The third kappa shape index (κ3) is 1.44. The molecule has 1 unspecified atom stereocenters. The topological polar surface area (TPSA) is 14.2 Å². The normalized spacial score (nSPS) is 24.2. The molecule has 0 saturated carbocycles. The van der Waals surface area contributed by atoms with Gasteiger partial charge in [-0.3, -0.25) is 0 Å². The van der Waals surface area contributed by atoms with Gasteiger partial charge in [0.2, 0.25) is 0 Å². The van der Waals surface area contributed by atoms with Crippen LogP contribution in [0.1, 0.15) is 26.5 Å². The molecule has 0 aliphatic carbocycles. The quantitative estimate of drug-likeness (QED) is 0.729. The summed E-state index contributed by atoms with van der Waals surface area (Å²) in [6, 6.07) is 10.9. The Kier molecular flexibility index (Phi) is 2.30. The van der Waals surface area contributed by atoms with E-state index in [4.69, 9.17) is 4.74 Å². The summed E-state index contributed by atoms with van der Waals surface area (Å²) in [7, 11) is 0. The maximum Gasteiger partial charge on any atom is 0.108 e. The molecule has 1 aromatic carbocycles. The van der Waals surface area contributed by atoms with Crippen LogP contribution in [0.3, 0.4) is 0 Å². The van der Waals surface area contributed by atoms with Crippen molar-refractivity contribution in [2.45, 2.75) is 32.9 Å². The molecule has 1 aliphatic rings. The highest BCUT2D eigenvalue weighted by Gasteiger charge is 2.37. The van der Waals surface area contributed by atoms with Gasteiger partial charge < -0.3 is 9.30 Å². The molecular weight excluding hydrogens is 210 g/mol. The van der Waals surface area contributed by atoms with E-state index in [0.717, 1.165) is 13.2 Å². The van der Waals surface area contributed by atoms with Gasteiger partial charge in [0.25, 0.3) is 0 Å². The molecule has 1 aliphatic heterocycles. The van der Waals surface area contributed by atoms with Crippen LogP contribution in [0.15, 0.2) is 30.3 Å². The third-order valence-electron chi connectivity index (χ3n) is 4.14. The fourth-order valence-electron chi connectivity index (χ4n) is 2.75. The first-order chi connectivity index (χ1) is 8.13. The molecule has 0 spiro atoms. The van der Waals surface area contributed by atoms with E-state index < -0.39 is 0 Å². The van der Waals surface area contributed by atoms with Crippen LogP contribution in [-0.2, 0) is 16.9 Å². The first-order valence-corrected chi connectivity index (χ1v) is 6.35. The van der Waals surface area contributed by atoms with Crippen LogP contribution >= 0.6 is 0 Å². The van der Waals surface area contributed by atoms with Crippen molar-refractivity contribution >= 4 is 10.9 Å². The Morgan fingerprint density at radius 2 is 2.06 bits per heavy atom. The van der Waals surface area contributed by atoms with Gasteiger partial charge in [-0.15, -0.1) is 0 Å². The summed E-state index contributed by atoms with van der Waals surface area (Å²) >= 11 is 0. The first-order valence-electron chi connectivity index (χ1n) is 6.35. The van der Waals surface area contributed by atoms with Crippen molar-refractivity contribution in [1.82, 2.24) is 4.57 Å². The second kappa shape index (κ2) is 3.61. The van der Waals surface area contributed by atoms with Gasteiger partial charge >= 0.3 is 0 Å². The number of hydrogen-bond acceptors (Lipinski definition) is 1. The van der Waals surface area contributed by atoms with E-state index in [2.05, 4.69) is 55.7 Å². The second-order valence-corrected chi connectivity index (χ2v) is 5.35. The highest BCUT2D eigenvalue weighted by Crippen LogP contribution is 2.39. The lowest BCUT2D eigenvalue weighted by molar-refractivity contribution is -0.0945. The zero-order valence-corrected chi connectivity index (χ0v) is 10.7. The molecule has 1 aromatic heterocycles. The van der Waals surface area contributed by atoms with Gasteiger partial charge in [0.1, 0.15) is 5.60 Å². The van der Waals surface area contributed by atoms with Crippen LogP contribution in [-0.4, -0.2) is 11.2 Å². The largest absolute Gasteiger partial charge is 0.367 e. The van der Waals surface area contributed by atoms with Gasteiger partial charge in [-0.2, -0.15) is 0 Å². The zero-order valence-electron chi connectivity index (χ0n) is 10.7. The minimum Gasteiger partial charge on any atom is -0.367 e. The van der Waals surface area contributed by atoms with Crippen LogP contribution in [0.4, 0.5) is 0 Å². The van der Waals surface area contributed by atoms with E-state index >= 15 is 0 Å². The lowest BCUT2D eigenvalue weighted by atomic mass is 9.88. The molecule has 17 heavy (non-hydrogen) atoms. The Labute approximate surface area is 102 Å². The Bertz CT molecular complexity index is 555. The standard InChI is InChI=1S/C15H19NO/c1-11(2)15(3)14-10-12-6-4-5-7-13(12)16(14)8-9-17-15/h4-7,10-11H,8-9H2,1-3H3. The summed E-state index contributed by atoms with van der Waals surface area (Å²) in [6.07, 6.45) is 0. The predicted molar refractivity (Wildman–Crippen MR) is 70.1 cm³/mol. The van der Waals surface area contributed by atoms with Gasteiger partial charge in [0, 0.05) is 12.1 Å². The fourth-order valence-corrected chi connectivity index (χ4v) is 2.75. The van der Waals surface area contributed by atoms with Crippen molar-refractivity contribution in [3.63, 3.8) is 0 Å². The van der Waals surface area contributed by atoms with E-state index in [9.17, 15) is 0 Å². The Morgan fingerprint density at radius 1 is 1.29 bits per heavy atom. The van der Waals surface area contributed by atoms with Crippen LogP contribution in [0.25, 0.3) is 10.9 Å².